The molecule has 1 aromatic rings. The van der Waals surface area contributed by atoms with Gasteiger partial charge in [0.25, 0.3) is 0 Å². The van der Waals surface area contributed by atoms with Gasteiger partial charge in [-0.1, -0.05) is 25.5 Å². The van der Waals surface area contributed by atoms with Crippen molar-refractivity contribution < 1.29 is 24.2 Å². The van der Waals surface area contributed by atoms with Crippen molar-refractivity contribution in [3.8, 4) is 5.75 Å². The van der Waals surface area contributed by atoms with Crippen LogP contribution in [0.25, 0.3) is 0 Å². The fraction of sp³-hybridized carbons (Fsp3) is 0.385. The lowest BCUT2D eigenvalue weighted by Crippen LogP contribution is -2.16. The first-order valence-electron chi connectivity index (χ1n) is 5.76. The number of para-hydroxylation sites is 1. The van der Waals surface area contributed by atoms with Gasteiger partial charge in [-0.05, 0) is 18.6 Å². The summed E-state index contributed by atoms with van der Waals surface area (Å²) in [6.45, 7) is 2.07. The number of carbonyl (C=O) groups is 2. The largest absolute Gasteiger partial charge is 0.481 e. The maximum atomic E-state index is 11.3. The van der Waals surface area contributed by atoms with E-state index in [4.69, 9.17) is 14.6 Å². The first kappa shape index (κ1) is 14.0. The fourth-order valence-corrected chi connectivity index (χ4v) is 1.28. The van der Waals surface area contributed by atoms with Gasteiger partial charge in [-0.25, -0.2) is 9.59 Å². The van der Waals surface area contributed by atoms with Crippen LogP contribution in [-0.2, 0) is 9.53 Å². The highest BCUT2D eigenvalue weighted by Crippen LogP contribution is 2.17. The standard InChI is InChI=1S/C13H16O5/c1-2-3-8-17-12(14)9-18-11-7-5-4-6-10(11)13(15)16/h4-7H,2-3,8-9H2,1H3,(H,15,16). The molecule has 1 N–H and O–H groups in total. The number of hydrogen-bond acceptors (Lipinski definition) is 4. The first-order chi connectivity index (χ1) is 8.65. The van der Waals surface area contributed by atoms with Crippen molar-refractivity contribution in [3.63, 3.8) is 0 Å². The maximum Gasteiger partial charge on any atom is 0.344 e. The van der Waals surface area contributed by atoms with Gasteiger partial charge in [0.15, 0.2) is 6.61 Å². The molecule has 5 heteroatoms. The average molecular weight is 252 g/mol. The van der Waals surface area contributed by atoms with Crippen LogP contribution in [0.15, 0.2) is 24.3 Å². The van der Waals surface area contributed by atoms with Gasteiger partial charge in [0.2, 0.25) is 0 Å². The third-order valence-electron chi connectivity index (χ3n) is 2.22. The molecule has 1 rings (SSSR count). The van der Waals surface area contributed by atoms with Crippen LogP contribution >= 0.6 is 0 Å². The molecule has 0 aromatic heterocycles. The number of benzene rings is 1. The van der Waals surface area contributed by atoms with Crippen LogP contribution in [0.5, 0.6) is 5.75 Å². The molecule has 98 valence electrons. The number of carboxylic acid groups (broad SMARTS) is 1. The van der Waals surface area contributed by atoms with Gasteiger partial charge in [-0.15, -0.1) is 0 Å². The second-order valence-electron chi connectivity index (χ2n) is 3.66. The zero-order valence-electron chi connectivity index (χ0n) is 10.2. The van der Waals surface area contributed by atoms with Gasteiger partial charge < -0.3 is 14.6 Å². The summed E-state index contributed by atoms with van der Waals surface area (Å²) in [5.41, 5.74) is 0.0267. The molecule has 0 unspecified atom stereocenters. The Morgan fingerprint density at radius 2 is 2.00 bits per heavy atom. The quantitative estimate of drug-likeness (QED) is 0.594. The molecule has 0 aliphatic carbocycles. The number of rotatable bonds is 7. The zero-order valence-corrected chi connectivity index (χ0v) is 10.2. The first-order valence-corrected chi connectivity index (χ1v) is 5.76. The Morgan fingerprint density at radius 1 is 1.28 bits per heavy atom. The second-order valence-corrected chi connectivity index (χ2v) is 3.66. The van der Waals surface area contributed by atoms with E-state index in [1.54, 1.807) is 12.1 Å². The van der Waals surface area contributed by atoms with Crippen LogP contribution < -0.4 is 4.74 Å². The molecule has 0 aliphatic heterocycles. The highest BCUT2D eigenvalue weighted by atomic mass is 16.6. The van der Waals surface area contributed by atoms with Crippen LogP contribution in [0.1, 0.15) is 30.1 Å². The number of carbonyl (C=O) groups excluding carboxylic acids is 1. The minimum absolute atomic E-state index is 0.0267. The topological polar surface area (TPSA) is 72.8 Å². The van der Waals surface area contributed by atoms with E-state index >= 15 is 0 Å². The maximum absolute atomic E-state index is 11.3. The number of ether oxygens (including phenoxy) is 2. The fourth-order valence-electron chi connectivity index (χ4n) is 1.28. The number of hydrogen-bond donors (Lipinski definition) is 1. The molecule has 18 heavy (non-hydrogen) atoms. The Balaban J connectivity index is 2.48. The Labute approximate surface area is 105 Å². The van der Waals surface area contributed by atoms with Crippen molar-refractivity contribution in [2.45, 2.75) is 19.8 Å². The minimum atomic E-state index is -1.09. The van der Waals surface area contributed by atoms with Crippen molar-refractivity contribution in [2.24, 2.45) is 0 Å². The predicted molar refractivity (Wildman–Crippen MR) is 64.8 cm³/mol. The van der Waals surface area contributed by atoms with Gasteiger partial charge >= 0.3 is 11.9 Å². The van der Waals surface area contributed by atoms with Gasteiger partial charge in [0.05, 0.1) is 6.61 Å². The lowest BCUT2D eigenvalue weighted by molar-refractivity contribution is -0.146. The van der Waals surface area contributed by atoms with Gasteiger partial charge in [0, 0.05) is 0 Å². The Kier molecular flexibility index (Phi) is 5.70. The lowest BCUT2D eigenvalue weighted by atomic mass is 10.2. The zero-order chi connectivity index (χ0) is 13.4. The molecule has 5 nitrogen and oxygen atoms in total. The monoisotopic (exact) mass is 252 g/mol. The molecule has 0 heterocycles. The van der Waals surface area contributed by atoms with E-state index in [1.165, 1.54) is 12.1 Å². The summed E-state index contributed by atoms with van der Waals surface area (Å²) in [5.74, 6) is -1.42. The third-order valence-corrected chi connectivity index (χ3v) is 2.22. The number of unbranched alkanes of at least 4 members (excludes halogenated alkanes) is 1. The average Bonchev–Trinajstić information content (AvgIpc) is 2.37. The van der Waals surface area contributed by atoms with E-state index in [1.807, 2.05) is 6.92 Å². The number of carboxylic acids is 1. The van der Waals surface area contributed by atoms with E-state index in [2.05, 4.69) is 0 Å². The van der Waals surface area contributed by atoms with E-state index in [-0.39, 0.29) is 17.9 Å². The molecule has 0 spiro atoms. The summed E-state index contributed by atoms with van der Waals surface area (Å²) in [5, 5.41) is 8.91. The molecule has 1 aromatic carbocycles. The van der Waals surface area contributed by atoms with Crippen molar-refractivity contribution in [3.05, 3.63) is 29.8 Å². The van der Waals surface area contributed by atoms with E-state index in [0.717, 1.165) is 12.8 Å². The molecular formula is C13H16O5. The summed E-state index contributed by atoms with van der Waals surface area (Å²) in [7, 11) is 0. The molecule has 0 fully saturated rings. The molecule has 0 radical (unpaired) electrons. The molecule has 0 aliphatic rings. The van der Waals surface area contributed by atoms with E-state index in [0.29, 0.717) is 6.61 Å². The van der Waals surface area contributed by atoms with Gasteiger partial charge in [0.1, 0.15) is 11.3 Å². The molecule has 0 atom stereocenters. The molecule has 0 saturated heterocycles. The SMILES string of the molecule is CCCCOC(=O)COc1ccccc1C(=O)O. The van der Waals surface area contributed by atoms with Crippen LogP contribution in [0, 0.1) is 0 Å². The lowest BCUT2D eigenvalue weighted by Gasteiger charge is -2.08. The minimum Gasteiger partial charge on any atom is -0.481 e. The molecule has 0 amide bonds. The van der Waals surface area contributed by atoms with Crippen LogP contribution in [0.4, 0.5) is 0 Å². The van der Waals surface area contributed by atoms with E-state index in [9.17, 15) is 9.59 Å². The summed E-state index contributed by atoms with van der Waals surface area (Å²) in [6, 6.07) is 6.16. The summed E-state index contributed by atoms with van der Waals surface area (Å²) < 4.78 is 10.0. The molecule has 0 saturated carbocycles. The third kappa shape index (κ3) is 4.45. The van der Waals surface area contributed by atoms with Crippen LogP contribution in [0.3, 0.4) is 0 Å². The highest BCUT2D eigenvalue weighted by molar-refractivity contribution is 5.90. The van der Waals surface area contributed by atoms with Crippen LogP contribution in [-0.4, -0.2) is 30.3 Å². The molecule has 0 bridgehead atoms. The summed E-state index contributed by atoms with van der Waals surface area (Å²) in [6.07, 6.45) is 1.74. The normalized spacial score (nSPS) is 9.83. The number of esters is 1. The van der Waals surface area contributed by atoms with Crippen molar-refractivity contribution >= 4 is 11.9 Å². The van der Waals surface area contributed by atoms with Crippen molar-refractivity contribution in [2.75, 3.05) is 13.2 Å². The Morgan fingerprint density at radius 3 is 2.67 bits per heavy atom. The Bertz CT molecular complexity index is 414. The smallest absolute Gasteiger partial charge is 0.344 e. The Hall–Kier alpha value is -2.04. The summed E-state index contributed by atoms with van der Waals surface area (Å²) in [4.78, 5) is 22.2. The van der Waals surface area contributed by atoms with Gasteiger partial charge in [-0.2, -0.15) is 0 Å². The second kappa shape index (κ2) is 7.32. The predicted octanol–water partition coefficient (Wildman–Crippen LogP) is 2.11. The van der Waals surface area contributed by atoms with Gasteiger partial charge in [-0.3, -0.25) is 0 Å². The van der Waals surface area contributed by atoms with E-state index < -0.39 is 11.9 Å². The van der Waals surface area contributed by atoms with Crippen molar-refractivity contribution in [1.82, 2.24) is 0 Å². The molecular weight excluding hydrogens is 236 g/mol. The summed E-state index contributed by atoms with van der Waals surface area (Å²) >= 11 is 0. The highest BCUT2D eigenvalue weighted by Gasteiger charge is 2.11. The van der Waals surface area contributed by atoms with Crippen LogP contribution in [0.2, 0.25) is 0 Å². The van der Waals surface area contributed by atoms with Crippen molar-refractivity contribution in [1.29, 1.82) is 0 Å². The number of aromatic carboxylic acids is 1.